The Morgan fingerprint density at radius 2 is 2.37 bits per heavy atom. The third-order valence-corrected chi connectivity index (χ3v) is 2.81. The molecule has 0 bridgehead atoms. The lowest BCUT2D eigenvalue weighted by molar-refractivity contribution is -0.169. The van der Waals surface area contributed by atoms with Gasteiger partial charge >= 0.3 is 13.5 Å². The molecule has 1 radical (unpaired) electrons. The average Bonchev–Trinajstić information content (AvgIpc) is 2.63. The van der Waals surface area contributed by atoms with E-state index >= 15 is 0 Å². The van der Waals surface area contributed by atoms with Crippen molar-refractivity contribution in [1.29, 1.82) is 5.26 Å². The van der Waals surface area contributed by atoms with Gasteiger partial charge in [-0.2, -0.15) is 5.26 Å². The summed E-state index contributed by atoms with van der Waals surface area (Å²) in [4.78, 5) is 10.8. The van der Waals surface area contributed by atoms with Crippen molar-refractivity contribution in [1.82, 2.24) is 0 Å². The quantitative estimate of drug-likeness (QED) is 0.726. The molecule has 19 heavy (non-hydrogen) atoms. The van der Waals surface area contributed by atoms with E-state index in [1.54, 1.807) is 19.1 Å². The van der Waals surface area contributed by atoms with Crippen LogP contribution in [0.25, 0.3) is 0 Å². The number of aliphatic carboxylic acids is 1. The van der Waals surface area contributed by atoms with Crippen molar-refractivity contribution in [3.63, 3.8) is 0 Å². The fourth-order valence-corrected chi connectivity index (χ4v) is 2.16. The zero-order valence-corrected chi connectivity index (χ0v) is 10.2. The number of nitrogens with zero attached hydrogens (tertiary/aromatic N) is 1. The maximum atomic E-state index is 10.8. The fourth-order valence-electron chi connectivity index (χ4n) is 2.16. The van der Waals surface area contributed by atoms with Crippen molar-refractivity contribution in [2.75, 3.05) is 6.61 Å². The third-order valence-electron chi connectivity index (χ3n) is 2.81. The monoisotopic (exact) mass is 260 g/mol. The lowest BCUT2D eigenvalue weighted by Crippen LogP contribution is -2.30. The number of carbonyl (C=O) groups is 1. The minimum atomic E-state index is -1.85. The van der Waals surface area contributed by atoms with Crippen molar-refractivity contribution in [3.8, 4) is 11.8 Å². The van der Waals surface area contributed by atoms with E-state index < -0.39 is 18.2 Å². The molecule has 0 amide bonds. The highest BCUT2D eigenvalue weighted by atomic mass is 16.6. The number of nitriles is 1. The third kappa shape index (κ3) is 2.55. The summed E-state index contributed by atoms with van der Waals surface area (Å²) < 4.78 is 10.3. The van der Waals surface area contributed by atoms with Crippen LogP contribution in [0, 0.1) is 18.3 Å². The van der Waals surface area contributed by atoms with Gasteiger partial charge in [0.2, 0.25) is 0 Å². The van der Waals surface area contributed by atoms with E-state index in [-0.39, 0.29) is 6.61 Å². The van der Waals surface area contributed by atoms with Crippen LogP contribution in [0.15, 0.2) is 12.1 Å². The molecule has 7 heteroatoms. The molecular weight excluding hydrogens is 249 g/mol. The lowest BCUT2D eigenvalue weighted by Gasteiger charge is -2.24. The van der Waals surface area contributed by atoms with Crippen LogP contribution in [0.3, 0.4) is 0 Å². The molecule has 0 aromatic heterocycles. The number of hydrogen-bond donors (Lipinski definition) is 2. The van der Waals surface area contributed by atoms with Gasteiger partial charge in [0, 0.05) is 5.56 Å². The summed E-state index contributed by atoms with van der Waals surface area (Å²) in [7, 11) is 1.30. The molecule has 97 valence electrons. The molecule has 1 heterocycles. The van der Waals surface area contributed by atoms with E-state index in [9.17, 15) is 9.90 Å². The van der Waals surface area contributed by atoms with Crippen molar-refractivity contribution in [2.45, 2.75) is 19.1 Å². The zero-order chi connectivity index (χ0) is 14.0. The highest BCUT2D eigenvalue weighted by Gasteiger charge is 2.42. The summed E-state index contributed by atoms with van der Waals surface area (Å²) >= 11 is 0. The number of carboxylic acid groups (broad SMARTS) is 1. The summed E-state index contributed by atoms with van der Waals surface area (Å²) in [6, 6.07) is 5.08. The van der Waals surface area contributed by atoms with E-state index in [0.29, 0.717) is 22.3 Å². The van der Waals surface area contributed by atoms with Crippen LogP contribution in [0.1, 0.15) is 17.5 Å². The Labute approximate surface area is 110 Å². The minimum Gasteiger partial charge on any atom is -0.481 e. The normalized spacial score (nSPS) is 20.3. The van der Waals surface area contributed by atoms with Gasteiger partial charge in [-0.3, -0.25) is 4.79 Å². The Morgan fingerprint density at radius 1 is 1.63 bits per heavy atom. The Bertz CT molecular complexity index is 568. The van der Waals surface area contributed by atoms with Crippen LogP contribution in [-0.4, -0.2) is 30.3 Å². The van der Waals surface area contributed by atoms with Crippen LogP contribution in [0.4, 0.5) is 0 Å². The van der Waals surface area contributed by atoms with E-state index in [1.807, 2.05) is 6.07 Å². The maximum Gasteiger partial charge on any atom is 0.334 e. The molecule has 1 unspecified atom stereocenters. The van der Waals surface area contributed by atoms with Gasteiger partial charge in [0.1, 0.15) is 18.2 Å². The second-order valence-corrected chi connectivity index (χ2v) is 4.24. The van der Waals surface area contributed by atoms with Crippen LogP contribution in [-0.2, 0) is 15.2 Å². The predicted molar refractivity (Wildman–Crippen MR) is 64.9 cm³/mol. The van der Waals surface area contributed by atoms with Crippen molar-refractivity contribution in [2.24, 2.45) is 0 Å². The van der Waals surface area contributed by atoms with Crippen molar-refractivity contribution in [3.05, 3.63) is 23.3 Å². The number of ether oxygens (including phenoxy) is 1. The van der Waals surface area contributed by atoms with E-state index in [1.165, 1.54) is 7.48 Å². The first-order valence-corrected chi connectivity index (χ1v) is 5.56. The van der Waals surface area contributed by atoms with E-state index in [4.69, 9.17) is 19.8 Å². The number of aryl methyl sites for hydroxylation is 1. The molecule has 2 N–H and O–H groups in total. The number of fused-ring (bicyclic) bond motifs is 1. The Balaban J connectivity index is 2.37. The first-order chi connectivity index (χ1) is 8.96. The number of benzene rings is 1. The summed E-state index contributed by atoms with van der Waals surface area (Å²) in [5, 5.41) is 27.5. The van der Waals surface area contributed by atoms with E-state index in [2.05, 4.69) is 0 Å². The summed E-state index contributed by atoms with van der Waals surface area (Å²) in [5.41, 5.74) is 1.61. The second-order valence-electron chi connectivity index (χ2n) is 4.24. The summed E-state index contributed by atoms with van der Waals surface area (Å²) in [6.45, 7) is 1.63. The molecule has 1 aliphatic rings. The second kappa shape index (κ2) is 4.92. The first-order valence-electron chi connectivity index (χ1n) is 5.56. The number of aliphatic hydroxyl groups is 1. The van der Waals surface area contributed by atoms with Gasteiger partial charge in [0.25, 0.3) is 0 Å². The maximum absolute atomic E-state index is 10.8. The molecule has 1 aromatic rings. The zero-order valence-electron chi connectivity index (χ0n) is 10.2. The van der Waals surface area contributed by atoms with Crippen LogP contribution < -0.4 is 10.2 Å². The Hall–Kier alpha value is -2.04. The van der Waals surface area contributed by atoms with Gasteiger partial charge in [-0.15, -0.1) is 0 Å². The highest BCUT2D eigenvalue weighted by Crippen LogP contribution is 2.33. The standard InChI is InChI=1S/C12H11BNO5/c1-7-4-8(18-3-2-14)5-9-11(7)12(17,19-13-9)6-10(15)16/h4-5,17H,3,6H2,1H3,(H,15,16). The first kappa shape index (κ1) is 13.4. The molecule has 0 saturated heterocycles. The smallest absolute Gasteiger partial charge is 0.334 e. The SMILES string of the molecule is Cc1cc(OCC#N)cc2c1C(O)(CC(=O)O)O[B]2. The largest absolute Gasteiger partial charge is 0.481 e. The van der Waals surface area contributed by atoms with E-state index in [0.717, 1.165) is 0 Å². The van der Waals surface area contributed by atoms with Gasteiger partial charge in [-0.25, -0.2) is 0 Å². The molecule has 1 atom stereocenters. The summed E-state index contributed by atoms with van der Waals surface area (Å²) in [5.74, 6) is -2.54. The van der Waals surface area contributed by atoms with Crippen LogP contribution in [0.5, 0.6) is 5.75 Å². The number of rotatable bonds is 4. The minimum absolute atomic E-state index is 0.0848. The van der Waals surface area contributed by atoms with Crippen molar-refractivity contribution < 1.29 is 24.4 Å². The van der Waals surface area contributed by atoms with Gasteiger partial charge in [0.05, 0.1) is 0 Å². The van der Waals surface area contributed by atoms with Gasteiger partial charge < -0.3 is 19.6 Å². The Morgan fingerprint density at radius 3 is 3.00 bits per heavy atom. The molecule has 1 aliphatic heterocycles. The molecule has 6 nitrogen and oxygen atoms in total. The lowest BCUT2D eigenvalue weighted by atomic mass is 9.83. The topological polar surface area (TPSA) is 99.8 Å². The van der Waals surface area contributed by atoms with Crippen LogP contribution in [0.2, 0.25) is 0 Å². The summed E-state index contributed by atoms with van der Waals surface area (Å²) in [6.07, 6.45) is -0.546. The molecule has 0 aliphatic carbocycles. The molecular formula is C12H11BNO5. The fraction of sp³-hybridized carbons (Fsp3) is 0.333. The molecule has 0 fully saturated rings. The molecule has 1 aromatic carbocycles. The molecule has 2 rings (SSSR count). The molecule has 0 spiro atoms. The Kier molecular flexibility index (Phi) is 3.47. The number of hydrogen-bond acceptors (Lipinski definition) is 5. The van der Waals surface area contributed by atoms with Crippen molar-refractivity contribution >= 4 is 18.9 Å². The van der Waals surface area contributed by atoms with Crippen LogP contribution >= 0.6 is 0 Å². The average molecular weight is 260 g/mol. The van der Waals surface area contributed by atoms with Gasteiger partial charge in [-0.05, 0) is 30.1 Å². The van der Waals surface area contributed by atoms with Gasteiger partial charge in [0.15, 0.2) is 12.4 Å². The molecule has 0 saturated carbocycles. The highest BCUT2D eigenvalue weighted by molar-refractivity contribution is 6.49. The predicted octanol–water partition coefficient (Wildman–Crippen LogP) is -0.208. The number of carboxylic acids is 1. The van der Waals surface area contributed by atoms with Gasteiger partial charge in [-0.1, -0.05) is 0 Å².